The van der Waals surface area contributed by atoms with Crippen molar-refractivity contribution < 1.29 is 0 Å². The molecular formula is C21H29N5S. The molecule has 0 radical (unpaired) electrons. The van der Waals surface area contributed by atoms with Crippen molar-refractivity contribution in [1.82, 2.24) is 19.6 Å². The molecule has 2 aromatic rings. The molecule has 1 aromatic heterocycles. The Morgan fingerprint density at radius 3 is 2.81 bits per heavy atom. The molecule has 1 N–H and O–H groups in total. The minimum absolute atomic E-state index is 0.671. The molecule has 0 saturated carbocycles. The smallest absolute Gasteiger partial charge is 0.173 e. The van der Waals surface area contributed by atoms with E-state index in [1.54, 1.807) is 0 Å². The molecule has 5 nitrogen and oxygen atoms in total. The second-order valence-corrected chi connectivity index (χ2v) is 8.22. The molecule has 4 rings (SSSR count). The van der Waals surface area contributed by atoms with Crippen LogP contribution in [-0.2, 0) is 6.54 Å². The van der Waals surface area contributed by atoms with Crippen LogP contribution in [0.5, 0.6) is 0 Å². The molecule has 2 saturated heterocycles. The highest BCUT2D eigenvalue weighted by Gasteiger charge is 2.31. The first-order valence-corrected chi connectivity index (χ1v) is 10.3. The first kappa shape index (κ1) is 18.4. The van der Waals surface area contributed by atoms with Gasteiger partial charge in [-0.25, -0.2) is 0 Å². The summed E-state index contributed by atoms with van der Waals surface area (Å²) in [6.45, 7) is 11.5. The van der Waals surface area contributed by atoms with Crippen LogP contribution < -0.4 is 5.32 Å². The van der Waals surface area contributed by atoms with Crippen LogP contribution in [0.15, 0.2) is 24.3 Å². The van der Waals surface area contributed by atoms with Gasteiger partial charge in [-0.3, -0.25) is 9.58 Å². The SMILES string of the molecule is Cc1ccccc1Cn1nc(C)c(NC(=S)N2CCN3CCCC3C2)c1C. The van der Waals surface area contributed by atoms with E-state index in [-0.39, 0.29) is 0 Å². The number of nitrogens with one attached hydrogen (secondary N) is 1. The van der Waals surface area contributed by atoms with E-state index >= 15 is 0 Å². The Hall–Kier alpha value is -1.92. The molecule has 2 aliphatic heterocycles. The highest BCUT2D eigenvalue weighted by atomic mass is 32.1. The predicted octanol–water partition coefficient (Wildman–Crippen LogP) is 3.33. The fourth-order valence-electron chi connectivity index (χ4n) is 4.34. The van der Waals surface area contributed by atoms with E-state index < -0.39 is 0 Å². The van der Waals surface area contributed by atoms with Crippen molar-refractivity contribution in [2.24, 2.45) is 0 Å². The zero-order chi connectivity index (χ0) is 19.0. The van der Waals surface area contributed by atoms with E-state index in [0.717, 1.165) is 48.4 Å². The van der Waals surface area contributed by atoms with Crippen molar-refractivity contribution in [3.8, 4) is 0 Å². The number of rotatable bonds is 3. The summed E-state index contributed by atoms with van der Waals surface area (Å²) in [6, 6.07) is 9.16. The average Bonchev–Trinajstić information content (AvgIpc) is 3.23. The lowest BCUT2D eigenvalue weighted by Crippen LogP contribution is -2.53. The second-order valence-electron chi connectivity index (χ2n) is 7.84. The molecule has 144 valence electrons. The number of hydrogen-bond acceptors (Lipinski definition) is 3. The van der Waals surface area contributed by atoms with Gasteiger partial charge in [0.2, 0.25) is 0 Å². The van der Waals surface area contributed by atoms with Crippen LogP contribution >= 0.6 is 12.2 Å². The van der Waals surface area contributed by atoms with E-state index in [9.17, 15) is 0 Å². The maximum Gasteiger partial charge on any atom is 0.173 e. The van der Waals surface area contributed by atoms with Gasteiger partial charge >= 0.3 is 0 Å². The Bertz CT molecular complexity index is 843. The monoisotopic (exact) mass is 383 g/mol. The van der Waals surface area contributed by atoms with Crippen LogP contribution in [0.4, 0.5) is 5.69 Å². The lowest BCUT2D eigenvalue weighted by Gasteiger charge is -2.38. The van der Waals surface area contributed by atoms with Gasteiger partial charge < -0.3 is 10.2 Å². The fraction of sp³-hybridized carbons (Fsp3) is 0.524. The number of aromatic nitrogens is 2. The lowest BCUT2D eigenvalue weighted by molar-refractivity contribution is 0.153. The number of thiocarbonyl (C=S) groups is 1. The van der Waals surface area contributed by atoms with Crippen LogP contribution in [0, 0.1) is 20.8 Å². The minimum Gasteiger partial charge on any atom is -0.346 e. The van der Waals surface area contributed by atoms with E-state index in [1.165, 1.54) is 30.5 Å². The molecule has 3 heterocycles. The largest absolute Gasteiger partial charge is 0.346 e. The van der Waals surface area contributed by atoms with Gasteiger partial charge in [-0.2, -0.15) is 5.10 Å². The van der Waals surface area contributed by atoms with Crippen molar-refractivity contribution in [3.63, 3.8) is 0 Å². The Morgan fingerprint density at radius 2 is 2.00 bits per heavy atom. The van der Waals surface area contributed by atoms with Crippen molar-refractivity contribution in [1.29, 1.82) is 0 Å². The van der Waals surface area contributed by atoms with Gasteiger partial charge in [-0.1, -0.05) is 24.3 Å². The summed E-state index contributed by atoms with van der Waals surface area (Å²) in [7, 11) is 0. The summed E-state index contributed by atoms with van der Waals surface area (Å²) in [5.74, 6) is 0. The van der Waals surface area contributed by atoms with E-state index in [2.05, 4.69) is 64.8 Å². The number of fused-ring (bicyclic) bond motifs is 1. The molecule has 0 aliphatic carbocycles. The number of piperazine rings is 1. The zero-order valence-electron chi connectivity index (χ0n) is 16.5. The number of aryl methyl sites for hydroxylation is 2. The van der Waals surface area contributed by atoms with Gasteiger partial charge in [0.25, 0.3) is 0 Å². The number of nitrogens with zero attached hydrogens (tertiary/aromatic N) is 4. The third-order valence-electron chi connectivity index (χ3n) is 6.07. The summed E-state index contributed by atoms with van der Waals surface area (Å²) in [5.41, 5.74) is 5.79. The third kappa shape index (κ3) is 3.73. The first-order chi connectivity index (χ1) is 13.0. The second kappa shape index (κ2) is 7.60. The standard InChI is InChI=1S/C21H29N5S/c1-15-7-4-5-8-18(15)13-26-17(3)20(16(2)23-26)22-21(27)25-12-11-24-10-6-9-19(24)14-25/h4-5,7-8,19H,6,9-14H2,1-3H3,(H,22,27). The van der Waals surface area contributed by atoms with Crippen molar-refractivity contribution in [2.75, 3.05) is 31.5 Å². The van der Waals surface area contributed by atoms with Crippen molar-refractivity contribution >= 4 is 23.0 Å². The van der Waals surface area contributed by atoms with Crippen LogP contribution in [0.2, 0.25) is 0 Å². The van der Waals surface area contributed by atoms with Crippen molar-refractivity contribution in [3.05, 3.63) is 46.8 Å². The van der Waals surface area contributed by atoms with E-state index in [4.69, 9.17) is 17.3 Å². The Balaban J connectivity index is 1.47. The maximum absolute atomic E-state index is 5.75. The highest BCUT2D eigenvalue weighted by molar-refractivity contribution is 7.80. The van der Waals surface area contributed by atoms with Gasteiger partial charge in [-0.05, 0) is 63.5 Å². The van der Waals surface area contributed by atoms with Crippen LogP contribution in [-0.4, -0.2) is 56.9 Å². The zero-order valence-corrected chi connectivity index (χ0v) is 17.4. The van der Waals surface area contributed by atoms with Gasteiger partial charge in [0, 0.05) is 25.7 Å². The summed E-state index contributed by atoms with van der Waals surface area (Å²) in [6.07, 6.45) is 2.62. The lowest BCUT2D eigenvalue weighted by atomic mass is 10.1. The normalized spacial score (nSPS) is 20.0. The van der Waals surface area contributed by atoms with Gasteiger partial charge in [0.1, 0.15) is 0 Å². The Labute approximate surface area is 167 Å². The summed E-state index contributed by atoms with van der Waals surface area (Å²) in [5, 5.41) is 9.11. The molecule has 1 unspecified atom stereocenters. The van der Waals surface area contributed by atoms with Gasteiger partial charge in [0.15, 0.2) is 5.11 Å². The van der Waals surface area contributed by atoms with Crippen LogP contribution in [0.3, 0.4) is 0 Å². The van der Waals surface area contributed by atoms with E-state index in [1.807, 2.05) is 0 Å². The first-order valence-electron chi connectivity index (χ1n) is 9.91. The highest BCUT2D eigenvalue weighted by Crippen LogP contribution is 2.24. The molecular weight excluding hydrogens is 354 g/mol. The van der Waals surface area contributed by atoms with E-state index in [0.29, 0.717) is 6.04 Å². The Kier molecular flexibility index (Phi) is 5.19. The molecule has 1 aromatic carbocycles. The average molecular weight is 384 g/mol. The topological polar surface area (TPSA) is 36.3 Å². The molecule has 2 aliphatic rings. The minimum atomic E-state index is 0.671. The Morgan fingerprint density at radius 1 is 1.19 bits per heavy atom. The number of hydrogen-bond donors (Lipinski definition) is 1. The third-order valence-corrected chi connectivity index (χ3v) is 6.43. The molecule has 1 atom stereocenters. The summed E-state index contributed by atoms with van der Waals surface area (Å²) >= 11 is 5.75. The predicted molar refractivity (Wildman–Crippen MR) is 114 cm³/mol. The molecule has 2 fully saturated rings. The van der Waals surface area contributed by atoms with Crippen molar-refractivity contribution in [2.45, 2.75) is 46.2 Å². The molecule has 0 spiro atoms. The summed E-state index contributed by atoms with van der Waals surface area (Å²) in [4.78, 5) is 4.94. The quantitative estimate of drug-likeness (QED) is 0.823. The van der Waals surface area contributed by atoms with Gasteiger partial charge in [0.05, 0.1) is 23.6 Å². The number of anilines is 1. The molecule has 27 heavy (non-hydrogen) atoms. The van der Waals surface area contributed by atoms with Gasteiger partial charge in [-0.15, -0.1) is 0 Å². The fourth-order valence-corrected chi connectivity index (χ4v) is 4.61. The van der Waals surface area contributed by atoms with Crippen LogP contribution in [0.1, 0.15) is 35.4 Å². The number of benzene rings is 1. The maximum atomic E-state index is 5.75. The molecule has 0 amide bonds. The van der Waals surface area contributed by atoms with Crippen LogP contribution in [0.25, 0.3) is 0 Å². The molecule has 0 bridgehead atoms. The summed E-state index contributed by atoms with van der Waals surface area (Å²) < 4.78 is 2.08. The molecule has 6 heteroatoms.